The molecular weight excluding hydrogens is 409 g/mol. The molecule has 9 nitrogen and oxygen atoms in total. The molecule has 0 fully saturated rings. The Bertz CT molecular complexity index is 1180. The Morgan fingerprint density at radius 2 is 1.82 bits per heavy atom. The van der Waals surface area contributed by atoms with Gasteiger partial charge >= 0.3 is 5.69 Å². The van der Waals surface area contributed by atoms with E-state index in [0.717, 1.165) is 6.42 Å². The second-order valence-electron chi connectivity index (χ2n) is 5.99. The van der Waals surface area contributed by atoms with Gasteiger partial charge in [0.05, 0.1) is 16.2 Å². The Morgan fingerprint density at radius 3 is 2.43 bits per heavy atom. The Labute approximate surface area is 167 Å². The quantitative estimate of drug-likeness (QED) is 0.577. The summed E-state index contributed by atoms with van der Waals surface area (Å²) in [5, 5.41) is 6.02. The average Bonchev–Trinajstić information content (AvgIpc) is 2.65. The molecule has 0 spiro atoms. The van der Waals surface area contributed by atoms with Gasteiger partial charge in [0, 0.05) is 11.5 Å². The second-order valence-corrected chi connectivity index (χ2v) is 6.80. The minimum Gasteiger partial charge on any atom is -0.434 e. The number of H-pyrrole nitrogens is 3. The first-order chi connectivity index (χ1) is 13.3. The van der Waals surface area contributed by atoms with Gasteiger partial charge < -0.3 is 9.72 Å². The van der Waals surface area contributed by atoms with Crippen LogP contribution in [-0.4, -0.2) is 25.1 Å². The summed E-state index contributed by atoms with van der Waals surface area (Å²) >= 11 is 12.5. The molecule has 0 bridgehead atoms. The molecule has 1 unspecified atom stereocenters. The largest absolute Gasteiger partial charge is 0.434 e. The number of aromatic amines is 3. The van der Waals surface area contributed by atoms with Crippen molar-refractivity contribution in [2.24, 2.45) is 0 Å². The Morgan fingerprint density at radius 1 is 1.14 bits per heavy atom. The summed E-state index contributed by atoms with van der Waals surface area (Å²) in [7, 11) is 0. The van der Waals surface area contributed by atoms with Gasteiger partial charge in [-0.3, -0.25) is 14.6 Å². The smallest absolute Gasteiger partial charge is 0.342 e. The number of nitrogens with zero attached hydrogens (tertiary/aromatic N) is 2. The zero-order valence-electron chi connectivity index (χ0n) is 14.8. The number of rotatable bonds is 5. The van der Waals surface area contributed by atoms with Gasteiger partial charge in [0.15, 0.2) is 11.4 Å². The summed E-state index contributed by atoms with van der Waals surface area (Å²) in [4.78, 5) is 43.8. The van der Waals surface area contributed by atoms with Crippen molar-refractivity contribution in [1.82, 2.24) is 25.1 Å². The van der Waals surface area contributed by atoms with Crippen LogP contribution in [0.5, 0.6) is 11.6 Å². The van der Waals surface area contributed by atoms with Crippen LogP contribution < -0.4 is 21.5 Å². The number of hydrogen-bond acceptors (Lipinski definition) is 6. The van der Waals surface area contributed by atoms with E-state index in [-0.39, 0.29) is 44.4 Å². The predicted octanol–water partition coefficient (Wildman–Crippen LogP) is 2.82. The summed E-state index contributed by atoms with van der Waals surface area (Å²) < 4.78 is 5.66. The predicted molar refractivity (Wildman–Crippen MR) is 105 cm³/mol. The van der Waals surface area contributed by atoms with Gasteiger partial charge in [-0.05, 0) is 18.6 Å². The van der Waals surface area contributed by atoms with Crippen molar-refractivity contribution in [2.75, 3.05) is 0 Å². The average molecular weight is 424 g/mol. The molecule has 0 aliphatic carbocycles. The zero-order valence-corrected chi connectivity index (χ0v) is 16.3. The van der Waals surface area contributed by atoms with Crippen molar-refractivity contribution in [1.29, 1.82) is 0 Å². The summed E-state index contributed by atoms with van der Waals surface area (Å²) in [5.41, 5.74) is -1.15. The fourth-order valence-corrected chi connectivity index (χ4v) is 2.99. The molecule has 1 aromatic carbocycles. The Hall–Kier alpha value is -2.91. The van der Waals surface area contributed by atoms with Gasteiger partial charge in [0.1, 0.15) is 5.69 Å². The van der Waals surface area contributed by atoms with E-state index in [1.165, 1.54) is 18.3 Å². The number of nitrogens with one attached hydrogen (secondary N) is 3. The lowest BCUT2D eigenvalue weighted by atomic mass is 10.1. The fraction of sp³-hybridized carbons (Fsp3) is 0.235. The van der Waals surface area contributed by atoms with Crippen LogP contribution in [0.2, 0.25) is 10.0 Å². The molecule has 0 saturated heterocycles. The van der Waals surface area contributed by atoms with Crippen LogP contribution in [0.1, 0.15) is 31.9 Å². The zero-order chi connectivity index (χ0) is 20.4. The first-order valence-corrected chi connectivity index (χ1v) is 9.01. The van der Waals surface area contributed by atoms with E-state index < -0.39 is 11.2 Å². The van der Waals surface area contributed by atoms with Crippen LogP contribution in [0.3, 0.4) is 0 Å². The molecule has 2 aromatic heterocycles. The van der Waals surface area contributed by atoms with Crippen LogP contribution in [0.25, 0.3) is 11.3 Å². The molecule has 0 aliphatic rings. The molecule has 146 valence electrons. The summed E-state index contributed by atoms with van der Waals surface area (Å²) in [5.74, 6) is 0.160. The highest BCUT2D eigenvalue weighted by Gasteiger charge is 2.17. The summed E-state index contributed by atoms with van der Waals surface area (Å²) in [6.45, 7) is 3.82. The number of ether oxygens (including phenoxy) is 1. The maximum atomic E-state index is 11.9. The third kappa shape index (κ3) is 4.00. The lowest BCUT2D eigenvalue weighted by Gasteiger charge is -2.12. The maximum Gasteiger partial charge on any atom is 0.342 e. The molecule has 28 heavy (non-hydrogen) atoms. The standard InChI is InChI=1S/C17H15Cl2N5O4/c1-3-7(2)12-15(25)20-6-11(21-12)28-14-9(18)4-8(5-10(14)19)13-16(26)22-17(27)24-23-13/h4-7H,3H2,1-2H3,(H,20,25)(H2,22,24,26,27). The summed E-state index contributed by atoms with van der Waals surface area (Å²) in [6.07, 6.45) is 2.04. The van der Waals surface area contributed by atoms with E-state index in [2.05, 4.69) is 25.1 Å². The third-order valence-electron chi connectivity index (χ3n) is 4.06. The Kier molecular flexibility index (Phi) is 5.66. The molecule has 3 aromatic rings. The molecular formula is C17H15Cl2N5O4. The minimum absolute atomic E-state index is 0.0568. The topological polar surface area (TPSA) is 134 Å². The van der Waals surface area contributed by atoms with Crippen molar-refractivity contribution in [3.05, 3.63) is 65.3 Å². The first kappa shape index (κ1) is 19.8. The maximum absolute atomic E-state index is 11.9. The van der Waals surface area contributed by atoms with Crippen molar-refractivity contribution < 1.29 is 4.74 Å². The van der Waals surface area contributed by atoms with Crippen LogP contribution >= 0.6 is 23.2 Å². The highest BCUT2D eigenvalue weighted by molar-refractivity contribution is 6.37. The summed E-state index contributed by atoms with van der Waals surface area (Å²) in [6, 6.07) is 2.83. The molecule has 0 aliphatic heterocycles. The molecule has 0 amide bonds. The molecule has 1 atom stereocenters. The number of aromatic nitrogens is 5. The fourth-order valence-electron chi connectivity index (χ4n) is 2.42. The first-order valence-electron chi connectivity index (χ1n) is 8.26. The van der Waals surface area contributed by atoms with E-state index in [4.69, 9.17) is 27.9 Å². The third-order valence-corrected chi connectivity index (χ3v) is 4.62. The molecule has 11 heteroatoms. The highest BCUT2D eigenvalue weighted by atomic mass is 35.5. The van der Waals surface area contributed by atoms with Crippen LogP contribution in [0.15, 0.2) is 32.7 Å². The van der Waals surface area contributed by atoms with Crippen molar-refractivity contribution >= 4 is 23.2 Å². The lowest BCUT2D eigenvalue weighted by molar-refractivity contribution is 0.454. The SMILES string of the molecule is CCC(C)c1nc(Oc2c(Cl)cc(-c3n[nH]c(=O)[nH]c3=O)cc2Cl)c[nH]c1=O. The van der Waals surface area contributed by atoms with Crippen LogP contribution in [0, 0.1) is 0 Å². The minimum atomic E-state index is -0.729. The van der Waals surface area contributed by atoms with Gasteiger partial charge in [-0.1, -0.05) is 37.0 Å². The van der Waals surface area contributed by atoms with Gasteiger partial charge in [0.25, 0.3) is 11.1 Å². The van der Waals surface area contributed by atoms with Crippen LogP contribution in [0.4, 0.5) is 0 Å². The van der Waals surface area contributed by atoms with E-state index in [1.54, 1.807) is 0 Å². The van der Waals surface area contributed by atoms with E-state index in [0.29, 0.717) is 5.69 Å². The van der Waals surface area contributed by atoms with Gasteiger partial charge in [-0.2, -0.15) is 5.10 Å². The Balaban J connectivity index is 2.00. The van der Waals surface area contributed by atoms with E-state index >= 15 is 0 Å². The van der Waals surface area contributed by atoms with Gasteiger partial charge in [-0.25, -0.2) is 14.9 Å². The van der Waals surface area contributed by atoms with E-state index in [1.807, 2.05) is 13.8 Å². The van der Waals surface area contributed by atoms with E-state index in [9.17, 15) is 14.4 Å². The van der Waals surface area contributed by atoms with Gasteiger partial charge in [0.2, 0.25) is 5.88 Å². The molecule has 0 radical (unpaired) electrons. The number of benzene rings is 1. The monoisotopic (exact) mass is 423 g/mol. The van der Waals surface area contributed by atoms with Crippen molar-refractivity contribution in [3.8, 4) is 22.9 Å². The van der Waals surface area contributed by atoms with Crippen molar-refractivity contribution in [3.63, 3.8) is 0 Å². The van der Waals surface area contributed by atoms with Gasteiger partial charge in [-0.15, -0.1) is 0 Å². The second kappa shape index (κ2) is 7.99. The lowest BCUT2D eigenvalue weighted by Crippen LogP contribution is -2.25. The molecule has 3 rings (SSSR count). The number of hydrogen-bond donors (Lipinski definition) is 3. The molecule has 2 heterocycles. The molecule has 3 N–H and O–H groups in total. The highest BCUT2D eigenvalue weighted by Crippen LogP contribution is 2.38. The molecule has 0 saturated carbocycles. The number of halogens is 2. The normalized spacial score (nSPS) is 12.0. The van der Waals surface area contributed by atoms with Crippen molar-refractivity contribution in [2.45, 2.75) is 26.2 Å². The van der Waals surface area contributed by atoms with Crippen LogP contribution in [-0.2, 0) is 0 Å².